The van der Waals surface area contributed by atoms with Crippen molar-refractivity contribution >= 4 is 17.4 Å². The molecule has 17 heavy (non-hydrogen) atoms. The van der Waals surface area contributed by atoms with E-state index in [1.165, 1.54) is 10.6 Å². The van der Waals surface area contributed by atoms with Crippen molar-refractivity contribution in [2.45, 2.75) is 25.7 Å². The Morgan fingerprint density at radius 1 is 1.24 bits per heavy atom. The summed E-state index contributed by atoms with van der Waals surface area (Å²) in [5, 5.41) is 0. The topological polar surface area (TPSA) is 29.3 Å². The predicted octanol–water partition coefficient (Wildman–Crippen LogP) is 3.22. The lowest BCUT2D eigenvalue weighted by Gasteiger charge is -2.30. The maximum absolute atomic E-state index is 5.77. The molecule has 2 N–H and O–H groups in total. The van der Waals surface area contributed by atoms with E-state index >= 15 is 0 Å². The zero-order valence-corrected chi connectivity index (χ0v) is 12.2. The van der Waals surface area contributed by atoms with Crippen LogP contribution in [0.3, 0.4) is 0 Å². The van der Waals surface area contributed by atoms with Crippen molar-refractivity contribution < 1.29 is 0 Å². The highest BCUT2D eigenvalue weighted by Crippen LogP contribution is 2.23. The van der Waals surface area contributed by atoms with Crippen LogP contribution < -0.4 is 10.6 Å². The summed E-state index contributed by atoms with van der Waals surface area (Å²) in [6.07, 6.45) is 0. The Labute approximate surface area is 110 Å². The highest BCUT2D eigenvalue weighted by molar-refractivity contribution is 7.99. The molecule has 1 aromatic carbocycles. The summed E-state index contributed by atoms with van der Waals surface area (Å²) in [7, 11) is 2.12. The molecular formula is C14H24N2S. The first-order valence-electron chi connectivity index (χ1n) is 6.12. The third kappa shape index (κ3) is 4.60. The standard InChI is InChI=1S/C14H24N2S/c1-5-17-13-8-6-12(7-9-13)16(4)11-14(2,3)10-15/h6-9H,5,10-11,15H2,1-4H3. The molecule has 0 saturated heterocycles. The van der Waals surface area contributed by atoms with E-state index in [9.17, 15) is 0 Å². The predicted molar refractivity (Wildman–Crippen MR) is 78.9 cm³/mol. The van der Waals surface area contributed by atoms with E-state index in [2.05, 4.69) is 57.0 Å². The van der Waals surface area contributed by atoms with Crippen molar-refractivity contribution in [1.29, 1.82) is 0 Å². The van der Waals surface area contributed by atoms with E-state index in [4.69, 9.17) is 5.73 Å². The smallest absolute Gasteiger partial charge is 0.0364 e. The summed E-state index contributed by atoms with van der Waals surface area (Å²) >= 11 is 1.87. The average Bonchev–Trinajstić information content (AvgIpc) is 2.30. The van der Waals surface area contributed by atoms with Gasteiger partial charge < -0.3 is 10.6 Å². The summed E-state index contributed by atoms with van der Waals surface area (Å²) in [4.78, 5) is 3.61. The number of nitrogens with two attached hydrogens (primary N) is 1. The third-order valence-electron chi connectivity index (χ3n) is 2.81. The minimum atomic E-state index is 0.158. The molecule has 0 aliphatic carbocycles. The van der Waals surface area contributed by atoms with Crippen molar-refractivity contribution in [1.82, 2.24) is 0 Å². The van der Waals surface area contributed by atoms with Crippen LogP contribution >= 0.6 is 11.8 Å². The monoisotopic (exact) mass is 252 g/mol. The van der Waals surface area contributed by atoms with E-state index in [1.807, 2.05) is 11.8 Å². The second-order valence-electron chi connectivity index (χ2n) is 5.15. The number of hydrogen-bond acceptors (Lipinski definition) is 3. The fourth-order valence-electron chi connectivity index (χ4n) is 1.76. The van der Waals surface area contributed by atoms with Crippen molar-refractivity contribution in [2.24, 2.45) is 11.1 Å². The number of thioether (sulfide) groups is 1. The van der Waals surface area contributed by atoms with Crippen LogP contribution in [0.25, 0.3) is 0 Å². The SMILES string of the molecule is CCSc1ccc(N(C)CC(C)(C)CN)cc1. The minimum Gasteiger partial charge on any atom is -0.374 e. The van der Waals surface area contributed by atoms with E-state index in [0.29, 0.717) is 6.54 Å². The van der Waals surface area contributed by atoms with E-state index in [0.717, 1.165) is 12.3 Å². The van der Waals surface area contributed by atoms with Gasteiger partial charge in [0.2, 0.25) is 0 Å². The Morgan fingerprint density at radius 2 is 1.82 bits per heavy atom. The van der Waals surface area contributed by atoms with Crippen LogP contribution in [0.15, 0.2) is 29.2 Å². The fourth-order valence-corrected chi connectivity index (χ4v) is 2.42. The van der Waals surface area contributed by atoms with Gasteiger partial charge in [-0.25, -0.2) is 0 Å². The van der Waals surface area contributed by atoms with E-state index in [1.54, 1.807) is 0 Å². The number of anilines is 1. The van der Waals surface area contributed by atoms with Crippen LogP contribution in [-0.4, -0.2) is 25.9 Å². The summed E-state index contributed by atoms with van der Waals surface area (Å²) in [5.41, 5.74) is 7.18. The largest absolute Gasteiger partial charge is 0.374 e. The molecule has 0 amide bonds. The zero-order chi connectivity index (χ0) is 12.9. The molecule has 0 aromatic heterocycles. The van der Waals surface area contributed by atoms with Gasteiger partial charge >= 0.3 is 0 Å². The van der Waals surface area contributed by atoms with Gasteiger partial charge in [-0.15, -0.1) is 11.8 Å². The maximum atomic E-state index is 5.77. The van der Waals surface area contributed by atoms with Gasteiger partial charge in [-0.1, -0.05) is 20.8 Å². The van der Waals surface area contributed by atoms with Gasteiger partial charge in [0.25, 0.3) is 0 Å². The number of rotatable bonds is 6. The van der Waals surface area contributed by atoms with Crippen LogP contribution in [0, 0.1) is 5.41 Å². The van der Waals surface area contributed by atoms with Crippen molar-refractivity contribution in [3.63, 3.8) is 0 Å². The first-order valence-corrected chi connectivity index (χ1v) is 7.11. The summed E-state index contributed by atoms with van der Waals surface area (Å²) in [5.74, 6) is 1.12. The van der Waals surface area contributed by atoms with Crippen molar-refractivity contribution in [3.8, 4) is 0 Å². The van der Waals surface area contributed by atoms with Crippen LogP contribution in [0.5, 0.6) is 0 Å². The molecule has 0 aliphatic heterocycles. The molecule has 96 valence electrons. The quantitative estimate of drug-likeness (QED) is 0.788. The van der Waals surface area contributed by atoms with Gasteiger partial charge in [-0.05, 0) is 42.0 Å². The Morgan fingerprint density at radius 3 is 2.29 bits per heavy atom. The van der Waals surface area contributed by atoms with Gasteiger partial charge in [0.05, 0.1) is 0 Å². The van der Waals surface area contributed by atoms with Crippen molar-refractivity contribution in [3.05, 3.63) is 24.3 Å². The molecule has 0 spiro atoms. The lowest BCUT2D eigenvalue weighted by molar-refractivity contribution is 0.385. The Balaban J connectivity index is 2.66. The lowest BCUT2D eigenvalue weighted by atomic mass is 9.93. The van der Waals surface area contributed by atoms with Crippen molar-refractivity contribution in [2.75, 3.05) is 30.8 Å². The summed E-state index contributed by atoms with van der Waals surface area (Å²) in [6.45, 7) is 8.26. The lowest BCUT2D eigenvalue weighted by Crippen LogP contribution is -2.36. The molecule has 0 aliphatic rings. The number of nitrogens with zero attached hydrogens (tertiary/aromatic N) is 1. The van der Waals surface area contributed by atoms with Gasteiger partial charge in [0.15, 0.2) is 0 Å². The summed E-state index contributed by atoms with van der Waals surface area (Å²) in [6, 6.07) is 8.75. The fraction of sp³-hybridized carbons (Fsp3) is 0.571. The second kappa shape index (κ2) is 6.31. The Bertz CT molecular complexity index is 333. The van der Waals surface area contributed by atoms with Crippen LogP contribution in [0.1, 0.15) is 20.8 Å². The van der Waals surface area contributed by atoms with E-state index < -0.39 is 0 Å². The maximum Gasteiger partial charge on any atom is 0.0364 e. The number of benzene rings is 1. The minimum absolute atomic E-state index is 0.158. The molecule has 1 aromatic rings. The van der Waals surface area contributed by atoms with Crippen LogP contribution in [-0.2, 0) is 0 Å². The summed E-state index contributed by atoms with van der Waals surface area (Å²) < 4.78 is 0. The van der Waals surface area contributed by atoms with Crippen LogP contribution in [0.4, 0.5) is 5.69 Å². The molecule has 1 rings (SSSR count). The highest BCUT2D eigenvalue weighted by atomic mass is 32.2. The molecule has 2 nitrogen and oxygen atoms in total. The third-order valence-corrected chi connectivity index (χ3v) is 3.70. The zero-order valence-electron chi connectivity index (χ0n) is 11.4. The number of hydrogen-bond donors (Lipinski definition) is 1. The molecular weight excluding hydrogens is 228 g/mol. The molecule has 0 fully saturated rings. The molecule has 3 heteroatoms. The Hall–Kier alpha value is -0.670. The molecule has 0 heterocycles. The molecule has 0 unspecified atom stereocenters. The van der Waals surface area contributed by atoms with Gasteiger partial charge in [-0.2, -0.15) is 0 Å². The van der Waals surface area contributed by atoms with Gasteiger partial charge in [0.1, 0.15) is 0 Å². The molecule has 0 bridgehead atoms. The normalized spacial score (nSPS) is 11.6. The molecule has 0 radical (unpaired) electrons. The Kier molecular flexibility index (Phi) is 5.34. The first-order chi connectivity index (χ1) is 7.98. The van der Waals surface area contributed by atoms with Gasteiger partial charge in [-0.3, -0.25) is 0 Å². The average molecular weight is 252 g/mol. The molecule has 0 saturated carbocycles. The molecule has 0 atom stereocenters. The second-order valence-corrected chi connectivity index (χ2v) is 6.49. The van der Waals surface area contributed by atoms with Gasteiger partial charge in [0, 0.05) is 24.2 Å². The highest BCUT2D eigenvalue weighted by Gasteiger charge is 2.18. The van der Waals surface area contributed by atoms with Crippen LogP contribution in [0.2, 0.25) is 0 Å². The van der Waals surface area contributed by atoms with E-state index in [-0.39, 0.29) is 5.41 Å². The first kappa shape index (κ1) is 14.4.